The summed E-state index contributed by atoms with van der Waals surface area (Å²) >= 11 is 0. The van der Waals surface area contributed by atoms with E-state index in [4.69, 9.17) is 0 Å². The van der Waals surface area contributed by atoms with E-state index in [0.717, 1.165) is 5.92 Å². The fourth-order valence-corrected chi connectivity index (χ4v) is 5.10. The quantitative estimate of drug-likeness (QED) is 0.387. The van der Waals surface area contributed by atoms with Crippen LogP contribution in [-0.4, -0.2) is 11.5 Å². The fraction of sp³-hybridized carbons (Fsp3) is 1.00. The highest BCUT2D eigenvalue weighted by Crippen LogP contribution is 2.36. The lowest BCUT2D eigenvalue weighted by Gasteiger charge is -2.06. The minimum absolute atomic E-state index is 1.04. The van der Waals surface area contributed by atoms with Crippen molar-refractivity contribution in [3.05, 3.63) is 0 Å². The van der Waals surface area contributed by atoms with Crippen LogP contribution in [0.4, 0.5) is 0 Å². The van der Waals surface area contributed by atoms with Crippen LogP contribution < -0.4 is 0 Å². The van der Waals surface area contributed by atoms with Crippen molar-refractivity contribution in [2.24, 2.45) is 5.92 Å². The van der Waals surface area contributed by atoms with Crippen molar-refractivity contribution in [2.45, 2.75) is 64.7 Å². The molecule has 0 aromatic rings. The van der Waals surface area contributed by atoms with Gasteiger partial charge in [0.1, 0.15) is 0 Å². The van der Waals surface area contributed by atoms with Gasteiger partial charge in [-0.05, 0) is 12.3 Å². The Morgan fingerprint density at radius 1 is 0.800 bits per heavy atom. The number of unbranched alkanes of at least 4 members (excludes halogenated alkanes) is 7. The molecule has 0 unspecified atom stereocenters. The van der Waals surface area contributed by atoms with Gasteiger partial charge in [-0.3, -0.25) is 0 Å². The Bertz CT molecular complexity index is 130. The average Bonchev–Trinajstić information content (AvgIpc) is 2.75. The average molecular weight is 246 g/mol. The minimum Gasteiger partial charge on any atom is -0.0938 e. The second-order valence-electron chi connectivity index (χ2n) is 4.70. The van der Waals surface area contributed by atoms with Crippen LogP contribution in [0.2, 0.25) is 0 Å². The summed E-state index contributed by atoms with van der Waals surface area (Å²) in [7, 11) is 4.15. The summed E-state index contributed by atoms with van der Waals surface area (Å²) in [5, 5.41) is 0. The van der Waals surface area contributed by atoms with Gasteiger partial charge in [-0.1, -0.05) is 79.9 Å². The molecule has 0 aromatic carbocycles. The molecule has 90 valence electrons. The summed E-state index contributed by atoms with van der Waals surface area (Å²) in [5.74, 6) is 3.88. The third-order valence-electron chi connectivity index (χ3n) is 3.16. The molecule has 0 amide bonds. The van der Waals surface area contributed by atoms with E-state index in [1.165, 1.54) is 69.3 Å². The normalized spacial score (nSPS) is 17.4. The second kappa shape index (κ2) is 9.89. The SMILES string of the molecule is CCCCCCCCCCC1CSSC1. The second-order valence-corrected chi connectivity index (χ2v) is 7.25. The summed E-state index contributed by atoms with van der Waals surface area (Å²) < 4.78 is 0. The predicted molar refractivity (Wildman–Crippen MR) is 75.6 cm³/mol. The summed E-state index contributed by atoms with van der Waals surface area (Å²) in [5.41, 5.74) is 0. The molecule has 0 aromatic heterocycles. The van der Waals surface area contributed by atoms with Gasteiger partial charge >= 0.3 is 0 Å². The van der Waals surface area contributed by atoms with E-state index in [9.17, 15) is 0 Å². The molecular formula is C13H26S2. The van der Waals surface area contributed by atoms with E-state index in [1.807, 2.05) is 0 Å². The molecule has 1 heterocycles. The molecule has 0 aliphatic carbocycles. The van der Waals surface area contributed by atoms with Gasteiger partial charge in [-0.25, -0.2) is 0 Å². The van der Waals surface area contributed by atoms with Crippen LogP contribution in [0.1, 0.15) is 64.7 Å². The molecule has 0 saturated carbocycles. The van der Waals surface area contributed by atoms with Gasteiger partial charge in [0.15, 0.2) is 0 Å². The molecule has 1 aliphatic rings. The number of rotatable bonds is 9. The van der Waals surface area contributed by atoms with Crippen molar-refractivity contribution >= 4 is 21.6 Å². The van der Waals surface area contributed by atoms with Gasteiger partial charge in [0, 0.05) is 11.5 Å². The Hall–Kier alpha value is 0.700. The molecule has 1 saturated heterocycles. The van der Waals surface area contributed by atoms with E-state index in [-0.39, 0.29) is 0 Å². The first-order valence-corrected chi connectivity index (χ1v) is 9.16. The Morgan fingerprint density at radius 3 is 1.93 bits per heavy atom. The highest BCUT2D eigenvalue weighted by Gasteiger charge is 2.15. The van der Waals surface area contributed by atoms with Gasteiger partial charge in [0.05, 0.1) is 0 Å². The maximum Gasteiger partial charge on any atom is 0.00735 e. The minimum atomic E-state index is 1.04. The lowest BCUT2D eigenvalue weighted by Crippen LogP contribution is -2.00. The van der Waals surface area contributed by atoms with Crippen molar-refractivity contribution < 1.29 is 0 Å². The van der Waals surface area contributed by atoms with E-state index >= 15 is 0 Å². The Balaban J connectivity index is 1.73. The maximum absolute atomic E-state index is 2.29. The molecular weight excluding hydrogens is 220 g/mol. The smallest absolute Gasteiger partial charge is 0.00735 e. The molecule has 2 heteroatoms. The molecule has 1 aliphatic heterocycles. The fourth-order valence-electron chi connectivity index (χ4n) is 2.07. The maximum atomic E-state index is 2.29. The van der Waals surface area contributed by atoms with Crippen molar-refractivity contribution in [3.63, 3.8) is 0 Å². The molecule has 0 atom stereocenters. The van der Waals surface area contributed by atoms with E-state index < -0.39 is 0 Å². The van der Waals surface area contributed by atoms with Gasteiger partial charge < -0.3 is 0 Å². The van der Waals surface area contributed by atoms with Crippen molar-refractivity contribution in [1.29, 1.82) is 0 Å². The molecule has 0 nitrogen and oxygen atoms in total. The van der Waals surface area contributed by atoms with Gasteiger partial charge in [0.2, 0.25) is 0 Å². The molecule has 1 rings (SSSR count). The zero-order valence-corrected chi connectivity index (χ0v) is 11.8. The lowest BCUT2D eigenvalue weighted by molar-refractivity contribution is 0.519. The van der Waals surface area contributed by atoms with Crippen LogP contribution >= 0.6 is 21.6 Å². The topological polar surface area (TPSA) is 0 Å². The van der Waals surface area contributed by atoms with E-state index in [0.29, 0.717) is 0 Å². The summed E-state index contributed by atoms with van der Waals surface area (Å²) in [6.45, 7) is 2.29. The standard InChI is InChI=1S/C13H26S2/c1-2-3-4-5-6-7-8-9-10-13-11-14-15-12-13/h13H,2-12H2,1H3. The van der Waals surface area contributed by atoms with Crippen LogP contribution in [0.5, 0.6) is 0 Å². The number of hydrogen-bond donors (Lipinski definition) is 0. The van der Waals surface area contributed by atoms with Gasteiger partial charge in [0.25, 0.3) is 0 Å². The molecule has 0 radical (unpaired) electrons. The van der Waals surface area contributed by atoms with Gasteiger partial charge in [-0.2, -0.15) is 0 Å². The van der Waals surface area contributed by atoms with Crippen molar-refractivity contribution in [3.8, 4) is 0 Å². The van der Waals surface area contributed by atoms with E-state index in [2.05, 4.69) is 28.5 Å². The molecule has 1 fully saturated rings. The van der Waals surface area contributed by atoms with E-state index in [1.54, 1.807) is 0 Å². The third-order valence-corrected chi connectivity index (χ3v) is 5.85. The van der Waals surface area contributed by atoms with Crippen LogP contribution in [0, 0.1) is 5.92 Å². The van der Waals surface area contributed by atoms with Crippen LogP contribution in [0.15, 0.2) is 0 Å². The first-order valence-electron chi connectivity index (χ1n) is 6.68. The first-order chi connectivity index (χ1) is 7.43. The predicted octanol–water partition coefficient (Wildman–Crippen LogP) is 5.53. The summed E-state index contributed by atoms with van der Waals surface area (Å²) in [6.07, 6.45) is 13.2. The monoisotopic (exact) mass is 246 g/mol. The summed E-state index contributed by atoms with van der Waals surface area (Å²) in [4.78, 5) is 0. The molecule has 0 bridgehead atoms. The van der Waals surface area contributed by atoms with Gasteiger partial charge in [-0.15, -0.1) is 0 Å². The van der Waals surface area contributed by atoms with Crippen molar-refractivity contribution in [2.75, 3.05) is 11.5 Å². The van der Waals surface area contributed by atoms with Crippen LogP contribution in [-0.2, 0) is 0 Å². The summed E-state index contributed by atoms with van der Waals surface area (Å²) in [6, 6.07) is 0. The van der Waals surface area contributed by atoms with Crippen LogP contribution in [0.3, 0.4) is 0 Å². The largest absolute Gasteiger partial charge is 0.0938 e. The first kappa shape index (κ1) is 13.8. The zero-order valence-electron chi connectivity index (χ0n) is 10.2. The lowest BCUT2D eigenvalue weighted by atomic mass is 10.0. The molecule has 0 N–H and O–H groups in total. The van der Waals surface area contributed by atoms with Crippen LogP contribution in [0.25, 0.3) is 0 Å². The third kappa shape index (κ3) is 7.57. The molecule has 15 heavy (non-hydrogen) atoms. The zero-order chi connectivity index (χ0) is 10.8. The molecule has 0 spiro atoms. The Labute approximate surface area is 104 Å². The highest BCUT2D eigenvalue weighted by molar-refractivity contribution is 8.77. The van der Waals surface area contributed by atoms with Crippen molar-refractivity contribution in [1.82, 2.24) is 0 Å². The highest BCUT2D eigenvalue weighted by atomic mass is 33.1. The Kier molecular flexibility index (Phi) is 9.08. The number of hydrogen-bond acceptors (Lipinski definition) is 2. The Morgan fingerprint density at radius 2 is 1.33 bits per heavy atom.